The molecule has 1 saturated carbocycles. The molecule has 0 aliphatic heterocycles. The highest BCUT2D eigenvalue weighted by molar-refractivity contribution is 5.90. The van der Waals surface area contributed by atoms with Crippen molar-refractivity contribution in [3.05, 3.63) is 11.6 Å². The van der Waals surface area contributed by atoms with Crippen LogP contribution in [0.3, 0.4) is 0 Å². The smallest absolute Gasteiger partial charge is 0.293 e. The van der Waals surface area contributed by atoms with Crippen LogP contribution in [0.4, 0.5) is 0 Å². The zero-order valence-corrected chi connectivity index (χ0v) is 11.6. The summed E-state index contributed by atoms with van der Waals surface area (Å²) in [7, 11) is 0. The minimum absolute atomic E-state index is 0.0395. The van der Waals surface area contributed by atoms with Gasteiger partial charge < -0.3 is 10.0 Å². The van der Waals surface area contributed by atoms with Gasteiger partial charge >= 0.3 is 0 Å². The second kappa shape index (κ2) is 6.14. The normalized spacial score (nSPS) is 14.9. The maximum Gasteiger partial charge on any atom is 0.293 e. The highest BCUT2D eigenvalue weighted by Gasteiger charge is 2.30. The van der Waals surface area contributed by atoms with Crippen LogP contribution in [0.2, 0.25) is 0 Å². The van der Waals surface area contributed by atoms with Gasteiger partial charge in [-0.25, -0.2) is 4.98 Å². The van der Waals surface area contributed by atoms with Crippen molar-refractivity contribution in [3.63, 3.8) is 0 Å². The van der Waals surface area contributed by atoms with E-state index >= 15 is 0 Å². The molecule has 0 spiro atoms. The van der Waals surface area contributed by atoms with Crippen LogP contribution in [-0.2, 0) is 0 Å². The number of hydrogen-bond acceptors (Lipinski definition) is 4. The zero-order valence-electron chi connectivity index (χ0n) is 11.6. The maximum absolute atomic E-state index is 12.4. The molecule has 2 N–H and O–H groups in total. The van der Waals surface area contributed by atoms with E-state index in [2.05, 4.69) is 15.2 Å². The van der Waals surface area contributed by atoms with Gasteiger partial charge in [0.2, 0.25) is 5.82 Å². The molecule has 1 amide bonds. The number of amides is 1. The fraction of sp³-hybridized carbons (Fsp3) is 0.769. The minimum Gasteiger partial charge on any atom is -0.395 e. The molecule has 0 atom stereocenters. The number of aromatic nitrogens is 3. The Bertz CT molecular complexity index is 424. The molecular weight excluding hydrogens is 244 g/mol. The Balaban J connectivity index is 2.12. The van der Waals surface area contributed by atoms with E-state index in [-0.39, 0.29) is 24.4 Å². The van der Waals surface area contributed by atoms with E-state index < -0.39 is 0 Å². The van der Waals surface area contributed by atoms with Crippen molar-refractivity contribution < 1.29 is 9.90 Å². The first kappa shape index (κ1) is 14.0. The number of nitrogens with one attached hydrogen (secondary N) is 1. The summed E-state index contributed by atoms with van der Waals surface area (Å²) in [5, 5.41) is 16.0. The van der Waals surface area contributed by atoms with Crippen molar-refractivity contribution in [3.8, 4) is 0 Å². The van der Waals surface area contributed by atoms with Gasteiger partial charge in [0.1, 0.15) is 5.82 Å². The molecule has 0 radical (unpaired) electrons. The Labute approximate surface area is 113 Å². The first-order chi connectivity index (χ1) is 9.21. The average molecular weight is 266 g/mol. The summed E-state index contributed by atoms with van der Waals surface area (Å²) in [6, 6.07) is 0.127. The van der Waals surface area contributed by atoms with Crippen LogP contribution < -0.4 is 0 Å². The van der Waals surface area contributed by atoms with Crippen molar-refractivity contribution >= 4 is 5.91 Å². The van der Waals surface area contributed by atoms with Gasteiger partial charge in [0.15, 0.2) is 0 Å². The number of aliphatic hydroxyl groups excluding tert-OH is 1. The predicted molar refractivity (Wildman–Crippen MR) is 70.9 cm³/mol. The topological polar surface area (TPSA) is 82.1 Å². The lowest BCUT2D eigenvalue weighted by molar-refractivity contribution is 0.0610. The lowest BCUT2D eigenvalue weighted by Gasteiger charge is -2.28. The van der Waals surface area contributed by atoms with E-state index in [1.165, 1.54) is 0 Å². The third kappa shape index (κ3) is 3.12. The molecule has 0 saturated heterocycles. The molecular formula is C13H22N4O2. The van der Waals surface area contributed by atoms with E-state index in [1.807, 2.05) is 13.8 Å². The summed E-state index contributed by atoms with van der Waals surface area (Å²) < 4.78 is 0. The fourth-order valence-corrected chi connectivity index (χ4v) is 2.32. The number of carbonyl (C=O) groups is 1. The van der Waals surface area contributed by atoms with Gasteiger partial charge in [-0.1, -0.05) is 13.8 Å². The molecule has 1 aromatic rings. The zero-order chi connectivity index (χ0) is 13.8. The molecule has 1 aromatic heterocycles. The molecule has 106 valence electrons. The molecule has 1 fully saturated rings. The Morgan fingerprint density at radius 3 is 2.68 bits per heavy atom. The monoisotopic (exact) mass is 266 g/mol. The van der Waals surface area contributed by atoms with Gasteiger partial charge in [-0.3, -0.25) is 9.89 Å². The Morgan fingerprint density at radius 1 is 1.47 bits per heavy atom. The Hall–Kier alpha value is -1.43. The quantitative estimate of drug-likeness (QED) is 0.779. The van der Waals surface area contributed by atoms with Crippen molar-refractivity contribution in [1.82, 2.24) is 20.1 Å². The molecule has 1 aliphatic carbocycles. The van der Waals surface area contributed by atoms with E-state index in [1.54, 1.807) is 4.90 Å². The molecule has 0 aromatic carbocycles. The second-order valence-electron chi connectivity index (χ2n) is 5.01. The molecule has 6 heteroatoms. The maximum atomic E-state index is 12.4. The van der Waals surface area contributed by atoms with Gasteiger partial charge in [-0.2, -0.15) is 0 Å². The lowest BCUT2D eigenvalue weighted by Crippen LogP contribution is -2.42. The summed E-state index contributed by atoms with van der Waals surface area (Å²) in [4.78, 5) is 18.4. The summed E-state index contributed by atoms with van der Waals surface area (Å²) in [6.45, 7) is 4.37. The van der Waals surface area contributed by atoms with E-state index in [0.717, 1.165) is 31.5 Å². The molecule has 0 unspecified atom stereocenters. The number of nitrogens with zero attached hydrogens (tertiary/aromatic N) is 3. The number of rotatable bonds is 7. The highest BCUT2D eigenvalue weighted by Crippen LogP contribution is 2.37. The van der Waals surface area contributed by atoms with Crippen LogP contribution in [0.25, 0.3) is 0 Å². The van der Waals surface area contributed by atoms with Gasteiger partial charge in [0, 0.05) is 18.5 Å². The third-order valence-corrected chi connectivity index (χ3v) is 3.64. The second-order valence-corrected chi connectivity index (χ2v) is 5.01. The number of hydrogen-bond donors (Lipinski definition) is 2. The van der Waals surface area contributed by atoms with E-state index in [0.29, 0.717) is 12.5 Å². The molecule has 19 heavy (non-hydrogen) atoms. The lowest BCUT2D eigenvalue weighted by atomic mass is 10.1. The van der Waals surface area contributed by atoms with Crippen molar-refractivity contribution in [2.24, 2.45) is 0 Å². The summed E-state index contributed by atoms with van der Waals surface area (Å²) in [5.41, 5.74) is 0. The summed E-state index contributed by atoms with van der Waals surface area (Å²) in [6.07, 6.45) is 3.97. The van der Waals surface area contributed by atoms with Crippen LogP contribution in [0.1, 0.15) is 61.9 Å². The third-order valence-electron chi connectivity index (χ3n) is 3.64. The summed E-state index contributed by atoms with van der Waals surface area (Å²) >= 11 is 0. The van der Waals surface area contributed by atoms with Crippen molar-refractivity contribution in [1.29, 1.82) is 0 Å². The van der Waals surface area contributed by atoms with Crippen LogP contribution in [-0.4, -0.2) is 50.3 Å². The molecule has 6 nitrogen and oxygen atoms in total. The van der Waals surface area contributed by atoms with Gasteiger partial charge in [0.25, 0.3) is 5.91 Å². The van der Waals surface area contributed by atoms with E-state index in [4.69, 9.17) is 5.11 Å². The molecule has 1 aliphatic rings. The fourth-order valence-electron chi connectivity index (χ4n) is 2.32. The number of aliphatic hydroxyl groups is 1. The van der Waals surface area contributed by atoms with Crippen molar-refractivity contribution in [2.75, 3.05) is 13.2 Å². The van der Waals surface area contributed by atoms with Crippen LogP contribution in [0, 0.1) is 0 Å². The first-order valence-corrected chi connectivity index (χ1v) is 7.05. The van der Waals surface area contributed by atoms with Gasteiger partial charge in [0.05, 0.1) is 6.61 Å². The molecule has 0 bridgehead atoms. The summed E-state index contributed by atoms with van der Waals surface area (Å²) in [5.74, 6) is 1.30. The van der Waals surface area contributed by atoms with Crippen LogP contribution >= 0.6 is 0 Å². The number of H-pyrrole nitrogens is 1. The van der Waals surface area contributed by atoms with Gasteiger partial charge in [-0.15, -0.1) is 5.10 Å². The number of carbonyl (C=O) groups excluding carboxylic acids is 1. The van der Waals surface area contributed by atoms with Crippen molar-refractivity contribution in [2.45, 2.75) is 51.5 Å². The average Bonchev–Trinajstić information content (AvgIpc) is 3.16. The Morgan fingerprint density at radius 2 is 2.16 bits per heavy atom. The van der Waals surface area contributed by atoms with Gasteiger partial charge in [-0.05, 0) is 25.7 Å². The Kier molecular flexibility index (Phi) is 4.52. The van der Waals surface area contributed by atoms with Crippen LogP contribution in [0.5, 0.6) is 0 Å². The predicted octanol–water partition coefficient (Wildman–Crippen LogP) is 1.31. The largest absolute Gasteiger partial charge is 0.395 e. The molecule has 1 heterocycles. The highest BCUT2D eigenvalue weighted by atomic mass is 16.3. The van der Waals surface area contributed by atoms with Crippen LogP contribution in [0.15, 0.2) is 0 Å². The van der Waals surface area contributed by atoms with E-state index in [9.17, 15) is 4.79 Å². The number of aromatic amines is 1. The first-order valence-electron chi connectivity index (χ1n) is 7.05. The standard InChI is InChI=1S/C13H22N4O2/c1-3-10(4-2)17(7-8-18)13(19)12-14-11(15-16-12)9-5-6-9/h9-10,18H,3-8H2,1-2H3,(H,14,15,16). The minimum atomic E-state index is -0.189. The SMILES string of the molecule is CCC(CC)N(CCO)C(=O)c1n[nH]c(C2CC2)n1. The molecule has 2 rings (SSSR count).